The molecule has 5 heteroatoms. The first-order chi connectivity index (χ1) is 16.5. The van der Waals surface area contributed by atoms with Gasteiger partial charge in [0.1, 0.15) is 0 Å². The van der Waals surface area contributed by atoms with Crippen LogP contribution in [-0.2, 0) is 16.8 Å². The highest BCUT2D eigenvalue weighted by Gasteiger charge is 2.53. The third-order valence-corrected chi connectivity index (χ3v) is 8.59. The van der Waals surface area contributed by atoms with Crippen molar-refractivity contribution in [1.29, 1.82) is 0 Å². The summed E-state index contributed by atoms with van der Waals surface area (Å²) in [5, 5.41) is 10.8. The molecular formula is C29H34N2O3. The Labute approximate surface area is 201 Å². The summed E-state index contributed by atoms with van der Waals surface area (Å²) < 4.78 is 6.19. The number of aromatic amines is 1. The molecule has 6 rings (SSSR count). The van der Waals surface area contributed by atoms with Crippen LogP contribution in [0.1, 0.15) is 84.0 Å². The number of aryl methyl sites for hydroxylation is 1. The molecule has 2 N–H and O–H groups in total. The molecule has 3 fully saturated rings. The van der Waals surface area contributed by atoms with Crippen LogP contribution in [0.3, 0.4) is 0 Å². The molecule has 2 aliphatic heterocycles. The van der Waals surface area contributed by atoms with Crippen LogP contribution in [0.4, 0.5) is 0 Å². The first-order valence-corrected chi connectivity index (χ1v) is 12.8. The van der Waals surface area contributed by atoms with Gasteiger partial charge in [-0.2, -0.15) is 0 Å². The van der Waals surface area contributed by atoms with Gasteiger partial charge in [-0.1, -0.05) is 18.2 Å². The number of benzene rings is 2. The van der Waals surface area contributed by atoms with Gasteiger partial charge in [-0.15, -0.1) is 0 Å². The van der Waals surface area contributed by atoms with Crippen molar-refractivity contribution in [1.82, 2.24) is 9.88 Å². The van der Waals surface area contributed by atoms with E-state index in [1.165, 1.54) is 46.0 Å². The van der Waals surface area contributed by atoms with E-state index in [2.05, 4.69) is 54.2 Å². The molecule has 1 saturated carbocycles. The average molecular weight is 459 g/mol. The number of nitrogens with zero attached hydrogens (tertiary/aromatic N) is 1. The van der Waals surface area contributed by atoms with E-state index in [0.717, 1.165) is 38.8 Å². The Kier molecular flexibility index (Phi) is 5.30. The molecule has 1 aromatic heterocycles. The van der Waals surface area contributed by atoms with Gasteiger partial charge in [0, 0.05) is 41.8 Å². The quantitative estimate of drug-likeness (QED) is 0.448. The normalized spacial score (nSPS) is 26.9. The van der Waals surface area contributed by atoms with Crippen LogP contribution in [0.15, 0.2) is 42.6 Å². The van der Waals surface area contributed by atoms with E-state index in [4.69, 9.17) is 4.74 Å². The molecule has 3 heterocycles. The topological polar surface area (TPSA) is 65.6 Å². The Bertz CT molecular complexity index is 1230. The van der Waals surface area contributed by atoms with Gasteiger partial charge in [0.05, 0.1) is 11.7 Å². The summed E-state index contributed by atoms with van der Waals surface area (Å²) in [6, 6.07) is 12.8. The minimum Gasteiger partial charge on any atom is -0.478 e. The third kappa shape index (κ3) is 3.48. The summed E-state index contributed by atoms with van der Waals surface area (Å²) in [5.74, 6) is -0.179. The van der Waals surface area contributed by atoms with Gasteiger partial charge in [-0.25, -0.2) is 4.79 Å². The highest BCUT2D eigenvalue weighted by Crippen LogP contribution is 2.53. The van der Waals surface area contributed by atoms with Crippen LogP contribution in [0.25, 0.3) is 10.9 Å². The van der Waals surface area contributed by atoms with E-state index in [-0.39, 0.29) is 11.6 Å². The van der Waals surface area contributed by atoms with Crippen LogP contribution < -0.4 is 0 Å². The van der Waals surface area contributed by atoms with Crippen LogP contribution in [-0.4, -0.2) is 39.7 Å². The Morgan fingerprint density at radius 1 is 1.21 bits per heavy atom. The van der Waals surface area contributed by atoms with Crippen molar-refractivity contribution in [2.45, 2.75) is 82.5 Å². The van der Waals surface area contributed by atoms with Crippen molar-refractivity contribution in [3.8, 4) is 0 Å². The zero-order chi connectivity index (χ0) is 23.4. The van der Waals surface area contributed by atoms with Gasteiger partial charge in [0.25, 0.3) is 0 Å². The first kappa shape index (κ1) is 21.9. The number of H-pyrrole nitrogens is 1. The number of aromatic nitrogens is 1. The third-order valence-electron chi connectivity index (χ3n) is 8.59. The van der Waals surface area contributed by atoms with E-state index in [1.54, 1.807) is 12.1 Å². The molecule has 2 bridgehead atoms. The monoisotopic (exact) mass is 458 g/mol. The molecule has 34 heavy (non-hydrogen) atoms. The van der Waals surface area contributed by atoms with Gasteiger partial charge >= 0.3 is 5.97 Å². The molecule has 0 spiro atoms. The van der Waals surface area contributed by atoms with E-state index in [9.17, 15) is 9.90 Å². The van der Waals surface area contributed by atoms with E-state index < -0.39 is 5.97 Å². The molecule has 1 unspecified atom stereocenters. The predicted octanol–water partition coefficient (Wildman–Crippen LogP) is 6.11. The number of hydrogen-bond acceptors (Lipinski definition) is 3. The first-order valence-electron chi connectivity index (χ1n) is 12.8. The van der Waals surface area contributed by atoms with Gasteiger partial charge in [0.15, 0.2) is 0 Å². The maximum atomic E-state index is 11.5. The number of carbonyl (C=O) groups is 1. The van der Waals surface area contributed by atoms with Gasteiger partial charge in [-0.05, 0) is 98.7 Å². The molecule has 5 nitrogen and oxygen atoms in total. The maximum absolute atomic E-state index is 11.5. The molecule has 3 aromatic rings. The number of nitrogens with one attached hydrogen (secondary N) is 1. The van der Waals surface area contributed by atoms with Gasteiger partial charge in [0.2, 0.25) is 0 Å². The Morgan fingerprint density at radius 3 is 2.71 bits per heavy atom. The summed E-state index contributed by atoms with van der Waals surface area (Å²) in [5.41, 5.74) is 7.08. The number of fused-ring (bicyclic) bond motifs is 3. The number of hydrogen-bond donors (Lipinski definition) is 2. The largest absolute Gasteiger partial charge is 0.478 e. The zero-order valence-corrected chi connectivity index (χ0v) is 20.1. The van der Waals surface area contributed by atoms with E-state index in [1.807, 2.05) is 0 Å². The van der Waals surface area contributed by atoms with Gasteiger partial charge in [-0.3, -0.25) is 4.90 Å². The molecule has 3 aliphatic rings. The fourth-order valence-corrected chi connectivity index (χ4v) is 6.88. The number of aromatic carboxylic acids is 1. The highest BCUT2D eigenvalue weighted by molar-refractivity contribution is 5.88. The summed E-state index contributed by atoms with van der Waals surface area (Å²) in [7, 11) is 0. The lowest BCUT2D eigenvalue weighted by Gasteiger charge is -2.48. The molecule has 2 aromatic carbocycles. The van der Waals surface area contributed by atoms with Crippen molar-refractivity contribution in [2.24, 2.45) is 0 Å². The Balaban J connectivity index is 1.44. The predicted molar refractivity (Wildman–Crippen MR) is 133 cm³/mol. The second-order valence-corrected chi connectivity index (χ2v) is 10.6. The Morgan fingerprint density at radius 2 is 2.00 bits per heavy atom. The molecule has 0 radical (unpaired) electrons. The molecule has 2 saturated heterocycles. The lowest BCUT2D eigenvalue weighted by Crippen LogP contribution is -2.52. The summed E-state index contributed by atoms with van der Waals surface area (Å²) in [6.45, 7) is 5.97. The minimum atomic E-state index is -0.871. The zero-order valence-electron chi connectivity index (χ0n) is 20.1. The molecule has 178 valence electrons. The second kappa shape index (κ2) is 8.24. The molecule has 1 aliphatic carbocycles. The standard InChI is InChI=1S/C29H34N2O3/c1-3-34-23-15-22-10-12-29(16-23,21-8-6-20(7-9-21)28(32)33)31(22)17-26-24-11-13-30-27(24)18(2)14-25(26)19-4-5-19/h6-9,11,13-14,19,22-23,30H,3-5,10,12,15-17H2,1-2H3,(H,32,33)/t22-,23+,29?/m1/s1. The fourth-order valence-electron chi connectivity index (χ4n) is 6.88. The van der Waals surface area contributed by atoms with E-state index >= 15 is 0 Å². The number of carboxylic acids is 1. The van der Waals surface area contributed by atoms with Crippen LogP contribution in [0.5, 0.6) is 0 Å². The SMILES string of the molecule is CCO[C@H]1C[C@H]2CCC(c3ccc(C(=O)O)cc3)(C1)N2Cc1c(C2CC2)cc(C)c2[nH]ccc12. The second-order valence-electron chi connectivity index (χ2n) is 10.6. The summed E-state index contributed by atoms with van der Waals surface area (Å²) in [4.78, 5) is 17.7. The van der Waals surface area contributed by atoms with Crippen molar-refractivity contribution in [3.05, 3.63) is 70.4 Å². The lowest BCUT2D eigenvalue weighted by atomic mass is 9.79. The maximum Gasteiger partial charge on any atom is 0.335 e. The number of ether oxygens (including phenoxy) is 1. The molecule has 0 amide bonds. The van der Waals surface area contributed by atoms with Crippen molar-refractivity contribution < 1.29 is 14.6 Å². The smallest absolute Gasteiger partial charge is 0.335 e. The van der Waals surface area contributed by atoms with Crippen LogP contribution >= 0.6 is 0 Å². The molecule has 3 atom stereocenters. The van der Waals surface area contributed by atoms with Crippen molar-refractivity contribution >= 4 is 16.9 Å². The minimum absolute atomic E-state index is 0.117. The number of carboxylic acid groups (broad SMARTS) is 1. The summed E-state index contributed by atoms with van der Waals surface area (Å²) >= 11 is 0. The lowest BCUT2D eigenvalue weighted by molar-refractivity contribution is -0.0592. The number of rotatable bonds is 7. The van der Waals surface area contributed by atoms with Crippen molar-refractivity contribution in [2.75, 3.05) is 6.61 Å². The fraction of sp³-hybridized carbons (Fsp3) is 0.483. The highest BCUT2D eigenvalue weighted by atomic mass is 16.5. The summed E-state index contributed by atoms with van der Waals surface area (Å²) in [6.07, 6.45) is 9.20. The van der Waals surface area contributed by atoms with Crippen LogP contribution in [0.2, 0.25) is 0 Å². The van der Waals surface area contributed by atoms with Crippen molar-refractivity contribution in [3.63, 3.8) is 0 Å². The molecular weight excluding hydrogens is 424 g/mol. The number of piperidine rings is 1. The van der Waals surface area contributed by atoms with Gasteiger partial charge < -0.3 is 14.8 Å². The average Bonchev–Trinajstić information content (AvgIpc) is 3.51. The van der Waals surface area contributed by atoms with E-state index in [0.29, 0.717) is 17.5 Å². The van der Waals surface area contributed by atoms with Crippen LogP contribution in [0, 0.1) is 6.92 Å². The Hall–Kier alpha value is -2.63.